The van der Waals surface area contributed by atoms with Crippen molar-refractivity contribution >= 4 is 34.3 Å². The molecule has 0 spiro atoms. The Balaban J connectivity index is 1.57. The van der Waals surface area contributed by atoms with Gasteiger partial charge in [0.05, 0.1) is 17.7 Å². The van der Waals surface area contributed by atoms with Crippen LogP contribution in [0.3, 0.4) is 0 Å². The minimum absolute atomic E-state index is 0.00641. The summed E-state index contributed by atoms with van der Waals surface area (Å²) in [5, 5.41) is 7.00. The molecule has 36 heavy (non-hydrogen) atoms. The van der Waals surface area contributed by atoms with Gasteiger partial charge in [-0.2, -0.15) is 0 Å². The highest BCUT2D eigenvalue weighted by molar-refractivity contribution is 6.03. The number of hydrogen-bond donors (Lipinski definition) is 2. The minimum atomic E-state index is -0.543. The molecule has 188 valence electrons. The van der Waals surface area contributed by atoms with Crippen molar-refractivity contribution in [2.24, 2.45) is 0 Å². The van der Waals surface area contributed by atoms with Gasteiger partial charge in [-0.05, 0) is 38.5 Å². The first-order valence-corrected chi connectivity index (χ1v) is 11.8. The summed E-state index contributed by atoms with van der Waals surface area (Å²) < 4.78 is 11.4. The van der Waals surface area contributed by atoms with Gasteiger partial charge in [0, 0.05) is 30.6 Å². The van der Waals surface area contributed by atoms with Crippen molar-refractivity contribution in [1.82, 2.24) is 14.9 Å². The number of anilines is 2. The third-order valence-electron chi connectivity index (χ3n) is 5.85. The molecule has 1 atom stereocenters. The Hall–Kier alpha value is -3.98. The van der Waals surface area contributed by atoms with E-state index in [0.29, 0.717) is 42.5 Å². The maximum Gasteiger partial charge on any atom is 0.320 e. The highest BCUT2D eigenvalue weighted by Crippen LogP contribution is 2.33. The molecule has 0 radical (unpaired) electrons. The molecule has 1 aromatic heterocycles. The van der Waals surface area contributed by atoms with Crippen molar-refractivity contribution in [3.8, 4) is 5.75 Å². The summed E-state index contributed by atoms with van der Waals surface area (Å²) in [6, 6.07) is 13.6. The van der Waals surface area contributed by atoms with Gasteiger partial charge in [-0.1, -0.05) is 36.9 Å². The fourth-order valence-corrected chi connectivity index (χ4v) is 4.22. The average Bonchev–Trinajstić information content (AvgIpc) is 2.84. The minimum Gasteiger partial charge on any atom is -0.490 e. The van der Waals surface area contributed by atoms with Crippen molar-refractivity contribution < 1.29 is 19.1 Å². The van der Waals surface area contributed by atoms with E-state index < -0.39 is 5.60 Å². The first-order chi connectivity index (χ1) is 17.2. The zero-order valence-electron chi connectivity index (χ0n) is 20.8. The van der Waals surface area contributed by atoms with E-state index in [2.05, 4.69) is 34.1 Å². The van der Waals surface area contributed by atoms with E-state index in [1.165, 1.54) is 12.4 Å². The summed E-state index contributed by atoms with van der Waals surface area (Å²) in [4.78, 5) is 34.9. The van der Waals surface area contributed by atoms with Gasteiger partial charge < -0.3 is 20.1 Å². The molecule has 1 aliphatic heterocycles. The van der Waals surface area contributed by atoms with Gasteiger partial charge in [0.15, 0.2) is 0 Å². The van der Waals surface area contributed by atoms with Crippen LogP contribution in [0.25, 0.3) is 10.9 Å². The summed E-state index contributed by atoms with van der Waals surface area (Å²) in [6.45, 7) is 11.0. The number of carbonyl (C=O) groups excluding carboxylic acids is 2. The number of fused-ring (bicyclic) bond motifs is 1. The van der Waals surface area contributed by atoms with Crippen LogP contribution in [-0.4, -0.2) is 58.6 Å². The third-order valence-corrected chi connectivity index (χ3v) is 5.85. The summed E-state index contributed by atoms with van der Waals surface area (Å²) in [5.41, 5.74) is 1.73. The molecule has 1 saturated heterocycles. The molecule has 2 N–H and O–H groups in total. The molecule has 0 aliphatic carbocycles. The first-order valence-electron chi connectivity index (χ1n) is 11.8. The Bertz CT molecular complexity index is 1260. The first kappa shape index (κ1) is 25.1. The van der Waals surface area contributed by atoms with E-state index >= 15 is 0 Å². The second-order valence-corrected chi connectivity index (χ2v) is 9.35. The quantitative estimate of drug-likeness (QED) is 0.344. The number of amides is 1. The molecule has 1 aliphatic rings. The van der Waals surface area contributed by atoms with Crippen LogP contribution in [0.15, 0.2) is 61.4 Å². The van der Waals surface area contributed by atoms with Crippen molar-refractivity contribution in [1.29, 1.82) is 0 Å². The van der Waals surface area contributed by atoms with Crippen LogP contribution in [0.4, 0.5) is 11.5 Å². The molecule has 2 heterocycles. The van der Waals surface area contributed by atoms with Gasteiger partial charge >= 0.3 is 5.97 Å². The molecule has 2 aromatic carbocycles. The van der Waals surface area contributed by atoms with E-state index in [0.717, 1.165) is 10.9 Å². The Morgan fingerprint density at radius 1 is 1.28 bits per heavy atom. The van der Waals surface area contributed by atoms with Crippen LogP contribution >= 0.6 is 0 Å². The average molecular weight is 490 g/mol. The largest absolute Gasteiger partial charge is 0.490 e. The molecular formula is C27H31N5O4. The van der Waals surface area contributed by atoms with Gasteiger partial charge in [0.2, 0.25) is 5.91 Å². The summed E-state index contributed by atoms with van der Waals surface area (Å²) in [5.74, 6) is 0.504. The number of nitrogens with zero attached hydrogens (tertiary/aromatic N) is 3. The molecule has 9 nitrogen and oxygen atoms in total. The third kappa shape index (κ3) is 6.17. The monoisotopic (exact) mass is 489 g/mol. The number of morpholine rings is 1. The number of ether oxygens (including phenoxy) is 2. The van der Waals surface area contributed by atoms with Crippen molar-refractivity contribution in [2.45, 2.75) is 32.4 Å². The molecule has 1 fully saturated rings. The maximum absolute atomic E-state index is 12.2. The predicted molar refractivity (Wildman–Crippen MR) is 139 cm³/mol. The van der Waals surface area contributed by atoms with Crippen LogP contribution in [0.5, 0.6) is 5.75 Å². The van der Waals surface area contributed by atoms with Crippen LogP contribution < -0.4 is 15.4 Å². The topological polar surface area (TPSA) is 106 Å². The number of carbonyl (C=O) groups is 2. The van der Waals surface area contributed by atoms with Gasteiger partial charge in [0.25, 0.3) is 0 Å². The standard InChI is InChI=1S/C27H31N5O4/c1-5-24(33)31-22-13-20-21(28-17-29-26(20)30-18(2)19-9-7-6-8-10-19)14-23(22)35-12-11-32-15-25(34)36-27(3,4)16-32/h5-10,13-14,17-18H,1,11-12,15-16H2,2-4H3,(H,31,33)(H,28,29,30)/t18-/m1/s1. The van der Waals surface area contributed by atoms with E-state index in [9.17, 15) is 9.59 Å². The van der Waals surface area contributed by atoms with Crippen LogP contribution in [0.1, 0.15) is 32.4 Å². The van der Waals surface area contributed by atoms with Crippen LogP contribution in [-0.2, 0) is 14.3 Å². The van der Waals surface area contributed by atoms with Gasteiger partial charge in [0.1, 0.15) is 30.1 Å². The van der Waals surface area contributed by atoms with Crippen molar-refractivity contribution in [2.75, 3.05) is 36.9 Å². The van der Waals surface area contributed by atoms with Crippen LogP contribution in [0.2, 0.25) is 0 Å². The number of benzene rings is 2. The molecule has 0 saturated carbocycles. The molecule has 0 bridgehead atoms. The van der Waals surface area contributed by atoms with E-state index in [4.69, 9.17) is 9.47 Å². The van der Waals surface area contributed by atoms with Crippen molar-refractivity contribution in [3.05, 3.63) is 67.0 Å². The fourth-order valence-electron chi connectivity index (χ4n) is 4.22. The highest BCUT2D eigenvalue weighted by Gasteiger charge is 2.32. The van der Waals surface area contributed by atoms with Crippen molar-refractivity contribution in [3.63, 3.8) is 0 Å². The molecule has 3 aromatic rings. The van der Waals surface area contributed by atoms with Gasteiger partial charge in [-0.15, -0.1) is 0 Å². The zero-order valence-corrected chi connectivity index (χ0v) is 20.8. The number of aromatic nitrogens is 2. The lowest BCUT2D eigenvalue weighted by atomic mass is 10.1. The van der Waals surface area contributed by atoms with Gasteiger partial charge in [-0.25, -0.2) is 9.97 Å². The lowest BCUT2D eigenvalue weighted by Crippen LogP contribution is -2.51. The summed E-state index contributed by atoms with van der Waals surface area (Å²) in [7, 11) is 0. The second kappa shape index (κ2) is 10.7. The fraction of sp³-hybridized carbons (Fsp3) is 0.333. The summed E-state index contributed by atoms with van der Waals surface area (Å²) in [6.07, 6.45) is 2.70. The summed E-state index contributed by atoms with van der Waals surface area (Å²) >= 11 is 0. The Morgan fingerprint density at radius 2 is 2.06 bits per heavy atom. The number of hydrogen-bond acceptors (Lipinski definition) is 8. The Labute approximate surface area is 210 Å². The molecule has 0 unspecified atom stereocenters. The van der Waals surface area contributed by atoms with E-state index in [1.54, 1.807) is 12.1 Å². The molecule has 4 rings (SSSR count). The number of esters is 1. The molecular weight excluding hydrogens is 458 g/mol. The SMILES string of the molecule is C=CC(=O)Nc1cc2c(N[C@H](C)c3ccccc3)ncnc2cc1OCCN1CC(=O)OC(C)(C)C1. The Morgan fingerprint density at radius 3 is 2.78 bits per heavy atom. The predicted octanol–water partition coefficient (Wildman–Crippen LogP) is 3.94. The maximum atomic E-state index is 12.2. The Kier molecular flexibility index (Phi) is 7.49. The normalized spacial score (nSPS) is 16.1. The zero-order chi connectivity index (χ0) is 25.7. The number of nitrogens with one attached hydrogen (secondary N) is 2. The lowest BCUT2D eigenvalue weighted by molar-refractivity contribution is -0.169. The highest BCUT2D eigenvalue weighted by atomic mass is 16.6. The van der Waals surface area contributed by atoms with Gasteiger partial charge in [-0.3, -0.25) is 14.5 Å². The van der Waals surface area contributed by atoms with Crippen LogP contribution in [0, 0.1) is 0 Å². The number of cyclic esters (lactones) is 1. The van der Waals surface area contributed by atoms with E-state index in [1.807, 2.05) is 49.1 Å². The molecule has 1 amide bonds. The van der Waals surface area contributed by atoms with E-state index in [-0.39, 0.29) is 24.5 Å². The molecule has 9 heteroatoms. The smallest absolute Gasteiger partial charge is 0.320 e. The lowest BCUT2D eigenvalue weighted by Gasteiger charge is -2.37. The second-order valence-electron chi connectivity index (χ2n) is 9.35. The number of rotatable bonds is 9.